The molecule has 98 valence electrons. The van der Waals surface area contributed by atoms with Gasteiger partial charge in [-0.25, -0.2) is 4.98 Å². The van der Waals surface area contributed by atoms with Crippen molar-refractivity contribution in [2.75, 3.05) is 7.11 Å². The molecule has 19 heavy (non-hydrogen) atoms. The number of nitrogens with zero attached hydrogens (tertiary/aromatic N) is 3. The number of ether oxygens (including phenoxy) is 1. The number of rotatable bonds is 3. The highest BCUT2D eigenvalue weighted by atomic mass is 32.1. The minimum atomic E-state index is 0.580. The lowest BCUT2D eigenvalue weighted by atomic mass is 10.4. The summed E-state index contributed by atoms with van der Waals surface area (Å²) in [6.45, 7) is 2.67. The fraction of sp³-hybridized carbons (Fsp3) is 0.250. The van der Waals surface area contributed by atoms with E-state index in [1.807, 2.05) is 29.1 Å². The average molecular weight is 292 g/mol. The Morgan fingerprint density at radius 1 is 1.47 bits per heavy atom. The van der Waals surface area contributed by atoms with Crippen molar-refractivity contribution in [3.63, 3.8) is 0 Å². The third-order valence-electron chi connectivity index (χ3n) is 2.95. The SMILES string of the molecule is COc1ccc2[nH]c(=S)n(Cc3scnc3C)c2n1. The van der Waals surface area contributed by atoms with E-state index in [9.17, 15) is 0 Å². The van der Waals surface area contributed by atoms with E-state index >= 15 is 0 Å². The van der Waals surface area contributed by atoms with Gasteiger partial charge in [-0.15, -0.1) is 11.3 Å². The van der Waals surface area contributed by atoms with E-state index in [0.717, 1.165) is 16.9 Å². The van der Waals surface area contributed by atoms with Crippen LogP contribution >= 0.6 is 23.6 Å². The molecule has 0 amide bonds. The maximum atomic E-state index is 5.36. The van der Waals surface area contributed by atoms with E-state index in [0.29, 0.717) is 17.2 Å². The van der Waals surface area contributed by atoms with Crippen molar-refractivity contribution in [3.05, 3.63) is 33.0 Å². The van der Waals surface area contributed by atoms with Crippen LogP contribution in [0.15, 0.2) is 17.6 Å². The zero-order valence-corrected chi connectivity index (χ0v) is 12.1. The molecule has 0 radical (unpaired) electrons. The first-order chi connectivity index (χ1) is 9.19. The third kappa shape index (κ3) is 2.15. The topological polar surface area (TPSA) is 55.7 Å². The van der Waals surface area contributed by atoms with Crippen LogP contribution in [0.3, 0.4) is 0 Å². The van der Waals surface area contributed by atoms with Crippen LogP contribution < -0.4 is 4.74 Å². The van der Waals surface area contributed by atoms with E-state index < -0.39 is 0 Å². The van der Waals surface area contributed by atoms with Gasteiger partial charge >= 0.3 is 0 Å². The lowest BCUT2D eigenvalue weighted by molar-refractivity contribution is 0.399. The van der Waals surface area contributed by atoms with Gasteiger partial charge in [0.25, 0.3) is 0 Å². The molecule has 0 unspecified atom stereocenters. The Hall–Kier alpha value is -1.73. The average Bonchev–Trinajstić information content (AvgIpc) is 2.94. The van der Waals surface area contributed by atoms with Crippen molar-refractivity contribution in [3.8, 4) is 5.88 Å². The molecule has 3 heterocycles. The van der Waals surface area contributed by atoms with E-state index in [1.165, 1.54) is 4.88 Å². The predicted octanol–water partition coefficient (Wildman–Crippen LogP) is 2.92. The number of aromatic amines is 1. The molecule has 5 nitrogen and oxygen atoms in total. The number of aromatic nitrogens is 4. The number of hydrogen-bond acceptors (Lipinski definition) is 5. The highest BCUT2D eigenvalue weighted by molar-refractivity contribution is 7.71. The standard InChI is InChI=1S/C12H12N4OS2/c1-7-9(19-6-13-7)5-16-11-8(14-12(16)18)3-4-10(15-11)17-2/h3-4,6H,5H2,1-2H3,(H,14,18). The number of pyridine rings is 1. The summed E-state index contributed by atoms with van der Waals surface area (Å²) in [4.78, 5) is 13.0. The van der Waals surface area contributed by atoms with Gasteiger partial charge < -0.3 is 9.72 Å². The smallest absolute Gasteiger partial charge is 0.215 e. The molecular formula is C12H12N4OS2. The maximum absolute atomic E-state index is 5.36. The summed E-state index contributed by atoms with van der Waals surface area (Å²) in [5.74, 6) is 0.580. The first-order valence-corrected chi connectivity index (χ1v) is 7.00. The van der Waals surface area contributed by atoms with Crippen LogP contribution in [0.4, 0.5) is 0 Å². The second-order valence-electron chi connectivity index (χ2n) is 4.10. The molecule has 3 aromatic rings. The first-order valence-electron chi connectivity index (χ1n) is 5.71. The van der Waals surface area contributed by atoms with Gasteiger partial charge in [0, 0.05) is 10.9 Å². The number of methoxy groups -OCH3 is 1. The van der Waals surface area contributed by atoms with Crippen molar-refractivity contribution in [1.82, 2.24) is 19.5 Å². The molecule has 7 heteroatoms. The van der Waals surface area contributed by atoms with Gasteiger partial charge in [-0.1, -0.05) is 0 Å². The van der Waals surface area contributed by atoms with Gasteiger partial charge in [0.15, 0.2) is 10.4 Å². The predicted molar refractivity (Wildman–Crippen MR) is 77.4 cm³/mol. The van der Waals surface area contributed by atoms with Crippen LogP contribution in [-0.2, 0) is 6.54 Å². The molecule has 0 saturated heterocycles. The van der Waals surface area contributed by atoms with Crippen LogP contribution in [0.5, 0.6) is 5.88 Å². The largest absolute Gasteiger partial charge is 0.481 e. The summed E-state index contributed by atoms with van der Waals surface area (Å²) >= 11 is 6.98. The maximum Gasteiger partial charge on any atom is 0.215 e. The van der Waals surface area contributed by atoms with E-state index in [-0.39, 0.29) is 0 Å². The molecule has 0 spiro atoms. The van der Waals surface area contributed by atoms with Crippen molar-refractivity contribution >= 4 is 34.7 Å². The fourth-order valence-corrected chi connectivity index (χ4v) is 2.92. The summed E-state index contributed by atoms with van der Waals surface area (Å²) in [6.07, 6.45) is 0. The second-order valence-corrected chi connectivity index (χ2v) is 5.43. The first kappa shape index (κ1) is 12.3. The lowest BCUT2D eigenvalue weighted by Gasteiger charge is -2.03. The van der Waals surface area contributed by atoms with Crippen LogP contribution in [0, 0.1) is 11.7 Å². The quantitative estimate of drug-likeness (QED) is 0.754. The molecule has 3 rings (SSSR count). The Morgan fingerprint density at radius 2 is 2.32 bits per heavy atom. The van der Waals surface area contributed by atoms with Crippen LogP contribution in [0.25, 0.3) is 11.2 Å². The normalized spacial score (nSPS) is 11.1. The van der Waals surface area contributed by atoms with Crippen molar-refractivity contribution in [2.45, 2.75) is 13.5 Å². The van der Waals surface area contributed by atoms with Crippen LogP contribution in [0.1, 0.15) is 10.6 Å². The van der Waals surface area contributed by atoms with Crippen LogP contribution in [0.2, 0.25) is 0 Å². The molecule has 0 fully saturated rings. The molecule has 3 aromatic heterocycles. The number of thiazole rings is 1. The van der Waals surface area contributed by atoms with E-state index in [4.69, 9.17) is 17.0 Å². The zero-order chi connectivity index (χ0) is 13.4. The van der Waals surface area contributed by atoms with Crippen molar-refractivity contribution in [2.24, 2.45) is 0 Å². The molecule has 0 saturated carbocycles. The van der Waals surface area contributed by atoms with Crippen molar-refractivity contribution < 1.29 is 4.74 Å². The number of nitrogens with one attached hydrogen (secondary N) is 1. The van der Waals surface area contributed by atoms with Crippen molar-refractivity contribution in [1.29, 1.82) is 0 Å². The summed E-state index contributed by atoms with van der Waals surface area (Å²) in [7, 11) is 1.60. The molecule has 0 aliphatic rings. The number of imidazole rings is 1. The minimum absolute atomic E-state index is 0.580. The number of H-pyrrole nitrogens is 1. The molecule has 0 aliphatic heterocycles. The Bertz CT molecular complexity index is 786. The summed E-state index contributed by atoms with van der Waals surface area (Å²) in [5.41, 5.74) is 4.59. The molecular weight excluding hydrogens is 280 g/mol. The van der Waals surface area contributed by atoms with Gasteiger partial charge in [-0.2, -0.15) is 4.98 Å². The Labute approximate surface area is 118 Å². The fourth-order valence-electron chi connectivity index (χ4n) is 1.90. The lowest BCUT2D eigenvalue weighted by Crippen LogP contribution is -2.01. The summed E-state index contributed by atoms with van der Waals surface area (Å²) in [5, 5.41) is 0. The molecule has 1 N–H and O–H groups in total. The molecule has 0 aliphatic carbocycles. The molecule has 0 atom stereocenters. The highest BCUT2D eigenvalue weighted by Gasteiger charge is 2.10. The second kappa shape index (κ2) is 4.75. The van der Waals surface area contributed by atoms with Gasteiger partial charge in [0.2, 0.25) is 5.88 Å². The Morgan fingerprint density at radius 3 is 3.00 bits per heavy atom. The Kier molecular flexibility index (Phi) is 3.08. The number of fused-ring (bicyclic) bond motifs is 1. The van der Waals surface area contributed by atoms with Gasteiger partial charge in [0.05, 0.1) is 30.4 Å². The molecule has 0 bridgehead atoms. The zero-order valence-electron chi connectivity index (χ0n) is 10.5. The van der Waals surface area contributed by atoms with Gasteiger partial charge in [-0.05, 0) is 25.2 Å². The van der Waals surface area contributed by atoms with Crippen LogP contribution in [-0.4, -0.2) is 26.6 Å². The van der Waals surface area contributed by atoms with Gasteiger partial charge in [0.1, 0.15) is 0 Å². The monoisotopic (exact) mass is 292 g/mol. The number of aryl methyl sites for hydroxylation is 1. The highest BCUT2D eigenvalue weighted by Crippen LogP contribution is 2.20. The van der Waals surface area contributed by atoms with E-state index in [2.05, 4.69) is 15.0 Å². The Balaban J connectivity index is 2.14. The number of hydrogen-bond donors (Lipinski definition) is 1. The summed E-state index contributed by atoms with van der Waals surface area (Å²) < 4.78 is 7.79. The third-order valence-corrected chi connectivity index (χ3v) is 4.19. The molecule has 0 aromatic carbocycles. The minimum Gasteiger partial charge on any atom is -0.481 e. The van der Waals surface area contributed by atoms with E-state index in [1.54, 1.807) is 18.4 Å². The van der Waals surface area contributed by atoms with Gasteiger partial charge in [-0.3, -0.25) is 4.57 Å². The summed E-state index contributed by atoms with van der Waals surface area (Å²) in [6, 6.07) is 3.74.